The van der Waals surface area contributed by atoms with Gasteiger partial charge in [-0.2, -0.15) is 10.2 Å². The first-order chi connectivity index (χ1) is 26.4. The van der Waals surface area contributed by atoms with E-state index in [-0.39, 0.29) is 47.7 Å². The van der Waals surface area contributed by atoms with Crippen LogP contribution in [0, 0.1) is 11.6 Å². The molecule has 4 aromatic rings. The largest absolute Gasteiger partial charge is 0.490 e. The third-order valence-electron chi connectivity index (χ3n) is 6.85. The predicted octanol–water partition coefficient (Wildman–Crippen LogP) is 1.55. The highest BCUT2D eigenvalue weighted by Crippen LogP contribution is 2.27. The number of imidazole rings is 1. The van der Waals surface area contributed by atoms with Crippen molar-refractivity contribution in [2.45, 2.75) is 13.3 Å². The molecule has 0 unspecified atom stereocenters. The monoisotopic (exact) mass is 765 g/mol. The molecule has 3 heterocycles. The van der Waals surface area contributed by atoms with E-state index in [4.69, 9.17) is 26.2 Å². The van der Waals surface area contributed by atoms with Crippen LogP contribution in [-0.2, 0) is 16.0 Å². The lowest BCUT2D eigenvalue weighted by Crippen LogP contribution is -2.33. The Morgan fingerprint density at radius 2 is 1.71 bits per heavy atom. The average molecular weight is 766 g/mol. The van der Waals surface area contributed by atoms with Crippen molar-refractivity contribution >= 4 is 47.9 Å². The van der Waals surface area contributed by atoms with Gasteiger partial charge in [-0.1, -0.05) is 0 Å². The molecule has 290 valence electrons. The number of hydrazone groups is 1. The molecule has 2 aromatic heterocycles. The number of amides is 2. The van der Waals surface area contributed by atoms with Crippen molar-refractivity contribution in [3.63, 3.8) is 0 Å². The summed E-state index contributed by atoms with van der Waals surface area (Å²) in [6, 6.07) is 7.52. The Balaban J connectivity index is 0.000000477. The Bertz CT molecular complexity index is 2050. The number of aromatic carboxylic acids is 1. The topological polar surface area (TPSA) is 296 Å². The van der Waals surface area contributed by atoms with Crippen LogP contribution < -0.4 is 32.7 Å². The number of hydrazine groups is 1. The van der Waals surface area contributed by atoms with E-state index < -0.39 is 29.1 Å². The lowest BCUT2D eigenvalue weighted by atomic mass is 10.1. The van der Waals surface area contributed by atoms with Gasteiger partial charge in [-0.25, -0.2) is 24.4 Å². The third-order valence-corrected chi connectivity index (χ3v) is 6.85. The van der Waals surface area contributed by atoms with Crippen LogP contribution in [0.25, 0.3) is 5.82 Å². The number of nitrogens with zero attached hydrogens (tertiary/aromatic N) is 6. The summed E-state index contributed by atoms with van der Waals surface area (Å²) in [4.78, 5) is 58.1. The van der Waals surface area contributed by atoms with E-state index in [1.54, 1.807) is 49.4 Å². The van der Waals surface area contributed by atoms with Crippen LogP contribution in [0.15, 0.2) is 83.8 Å². The molecule has 2 aromatic carbocycles. The number of carboxylic acids is 1. The molecule has 55 heavy (non-hydrogen) atoms. The lowest BCUT2D eigenvalue weighted by molar-refractivity contribution is -0.110. The van der Waals surface area contributed by atoms with Gasteiger partial charge >= 0.3 is 5.97 Å². The molecular formula is C34H37F2N11O8. The zero-order valence-electron chi connectivity index (χ0n) is 29.5. The predicted molar refractivity (Wildman–Crippen MR) is 195 cm³/mol. The number of nitrogens with one attached hydrogen (secondary N) is 2. The SMILES string of the molecule is CNc1cc(OCCc2cc(NC(=O)C3=NN(N)/C(=C(/C)N)C=C3)c(C(=O)O)cc2F)c(F)cc1C=O.CO.NC=O.O=Cc1ccc(-n2ccnc2)nn1. The first-order valence-electron chi connectivity index (χ1n) is 15.5. The van der Waals surface area contributed by atoms with Crippen LogP contribution in [0.5, 0.6) is 5.75 Å². The van der Waals surface area contributed by atoms with Gasteiger partial charge in [0.1, 0.15) is 17.8 Å². The number of aromatic nitrogens is 4. The van der Waals surface area contributed by atoms with E-state index in [0.29, 0.717) is 41.2 Å². The summed E-state index contributed by atoms with van der Waals surface area (Å²) in [5.74, 6) is 2.31. The fraction of sp³-hybridized carbons (Fsp3) is 0.147. The number of hydrogen-bond acceptors (Lipinski definition) is 15. The molecule has 0 saturated carbocycles. The minimum Gasteiger partial charge on any atom is -0.490 e. The molecular weight excluding hydrogens is 728 g/mol. The molecule has 0 bridgehead atoms. The highest BCUT2D eigenvalue weighted by molar-refractivity contribution is 6.47. The van der Waals surface area contributed by atoms with Crippen LogP contribution in [0.1, 0.15) is 43.7 Å². The van der Waals surface area contributed by atoms with E-state index in [9.17, 15) is 33.1 Å². The summed E-state index contributed by atoms with van der Waals surface area (Å²) in [5.41, 5.74) is 10.5. The van der Waals surface area contributed by atoms with Gasteiger partial charge in [0.05, 0.1) is 23.6 Å². The maximum absolute atomic E-state index is 14.6. The molecule has 0 fully saturated rings. The minimum atomic E-state index is -1.47. The molecule has 21 heteroatoms. The zero-order valence-corrected chi connectivity index (χ0v) is 29.5. The number of hydrogen-bond donors (Lipinski definition) is 7. The van der Waals surface area contributed by atoms with Crippen molar-refractivity contribution in [3.8, 4) is 11.6 Å². The second-order valence-electron chi connectivity index (χ2n) is 10.4. The molecule has 2 amide bonds. The van der Waals surface area contributed by atoms with Crippen molar-refractivity contribution in [1.29, 1.82) is 0 Å². The number of carbonyl (C=O) groups is 5. The number of aliphatic hydroxyl groups excluding tert-OH is 1. The Hall–Kier alpha value is -7.39. The normalized spacial score (nSPS) is 12.1. The van der Waals surface area contributed by atoms with Crippen molar-refractivity contribution < 1.29 is 47.7 Å². The van der Waals surface area contributed by atoms with Gasteiger partial charge in [0.25, 0.3) is 5.91 Å². The molecule has 10 N–H and O–H groups in total. The number of halogens is 2. The van der Waals surface area contributed by atoms with Crippen LogP contribution in [0.2, 0.25) is 0 Å². The second-order valence-corrected chi connectivity index (χ2v) is 10.4. The highest BCUT2D eigenvalue weighted by Gasteiger charge is 2.21. The molecule has 0 radical (unpaired) electrons. The van der Waals surface area contributed by atoms with Crippen molar-refractivity contribution in [1.82, 2.24) is 24.9 Å². The maximum atomic E-state index is 14.6. The molecule has 1 aliphatic heterocycles. The number of anilines is 2. The molecule has 0 saturated heterocycles. The quantitative estimate of drug-likeness (QED) is 0.0842. The van der Waals surface area contributed by atoms with Crippen molar-refractivity contribution in [2.24, 2.45) is 22.4 Å². The number of primary amides is 1. The first-order valence-corrected chi connectivity index (χ1v) is 15.5. The average Bonchev–Trinajstić information content (AvgIpc) is 3.73. The Morgan fingerprint density at radius 1 is 1.00 bits per heavy atom. The van der Waals surface area contributed by atoms with Gasteiger partial charge in [-0.15, -0.1) is 10.2 Å². The number of aldehydes is 2. The summed E-state index contributed by atoms with van der Waals surface area (Å²) in [6.45, 7) is 1.40. The zero-order chi connectivity index (χ0) is 41.1. The van der Waals surface area contributed by atoms with E-state index in [1.807, 2.05) is 0 Å². The van der Waals surface area contributed by atoms with Crippen LogP contribution >= 0.6 is 0 Å². The third kappa shape index (κ3) is 12.4. The number of rotatable bonds is 11. The molecule has 0 spiro atoms. The van der Waals surface area contributed by atoms with Crippen LogP contribution in [0.4, 0.5) is 20.2 Å². The van der Waals surface area contributed by atoms with Gasteiger partial charge in [0.15, 0.2) is 35.7 Å². The molecule has 19 nitrogen and oxygen atoms in total. The highest BCUT2D eigenvalue weighted by atomic mass is 19.1. The summed E-state index contributed by atoms with van der Waals surface area (Å²) >= 11 is 0. The summed E-state index contributed by atoms with van der Waals surface area (Å²) in [6.07, 6.45) is 9.12. The Labute approximate surface area is 311 Å². The molecule has 0 atom stereocenters. The number of nitrogens with two attached hydrogens (primary N) is 3. The van der Waals surface area contributed by atoms with Gasteiger partial charge in [-0.05, 0) is 55.0 Å². The summed E-state index contributed by atoms with van der Waals surface area (Å²) in [7, 11) is 2.55. The molecule has 1 aliphatic rings. The standard InChI is InChI=1S/C24H24F2N6O5.C8H6N4O.CH3NO.CH4O/c1-12(27)21-4-3-18(31-32(21)28)23(34)30-20-8-13(16(25)9-15(20)24(35)36)5-6-37-22-10-19(29-2)14(11-33)7-17(22)26;13-5-7-1-2-8(11-10-7)12-4-3-9-6-12;2-1-3;1-2/h3-4,7-11,29H,5-6,27-28H2,1-2H3,(H,30,34)(H,35,36);1-6H;1H,(H2,2,3);2H,1H3/b21-12-;;;. The Morgan fingerprint density at radius 3 is 2.24 bits per heavy atom. The first kappa shape index (κ1) is 43.8. The van der Waals surface area contributed by atoms with Crippen molar-refractivity contribution in [2.75, 3.05) is 31.4 Å². The maximum Gasteiger partial charge on any atom is 0.337 e. The number of aliphatic hydroxyl groups is 1. The molecule has 0 aliphatic carbocycles. The number of carbonyl (C=O) groups excluding carboxylic acids is 4. The van der Waals surface area contributed by atoms with E-state index in [2.05, 4.69) is 36.6 Å². The number of benzene rings is 2. The Kier molecular flexibility index (Phi) is 17.4. The number of carboxylic acid groups (broad SMARTS) is 1. The number of ether oxygens (including phenoxy) is 1. The van der Waals surface area contributed by atoms with Crippen LogP contribution in [0.3, 0.4) is 0 Å². The summed E-state index contributed by atoms with van der Waals surface area (Å²) in [5, 5.41) is 33.9. The minimum absolute atomic E-state index is 0.00427. The lowest BCUT2D eigenvalue weighted by Gasteiger charge is -2.20. The van der Waals surface area contributed by atoms with Gasteiger partial charge in [0.2, 0.25) is 6.41 Å². The van der Waals surface area contributed by atoms with Crippen molar-refractivity contribution in [3.05, 3.63) is 113 Å². The van der Waals surface area contributed by atoms with E-state index >= 15 is 0 Å². The van der Waals surface area contributed by atoms with E-state index in [1.165, 1.54) is 18.2 Å². The van der Waals surface area contributed by atoms with Crippen LogP contribution in [-0.4, -0.2) is 92.4 Å². The second kappa shape index (κ2) is 21.9. The van der Waals surface area contributed by atoms with Gasteiger partial charge < -0.3 is 37.1 Å². The smallest absolute Gasteiger partial charge is 0.337 e. The fourth-order valence-electron chi connectivity index (χ4n) is 4.34. The van der Waals surface area contributed by atoms with Gasteiger partial charge in [-0.3, -0.25) is 23.7 Å². The molecule has 5 rings (SSSR count). The summed E-state index contributed by atoms with van der Waals surface area (Å²) < 4.78 is 36.0. The number of allylic oxidation sites excluding steroid dienone is 2. The fourth-order valence-corrected chi connectivity index (χ4v) is 4.34. The van der Waals surface area contributed by atoms with Gasteiger partial charge in [0, 0.05) is 56.0 Å². The van der Waals surface area contributed by atoms with E-state index in [0.717, 1.165) is 30.4 Å².